The lowest BCUT2D eigenvalue weighted by Gasteiger charge is -2.12. The van der Waals surface area contributed by atoms with Crippen LogP contribution in [0.5, 0.6) is 0 Å². The van der Waals surface area contributed by atoms with Crippen molar-refractivity contribution < 1.29 is 4.42 Å². The van der Waals surface area contributed by atoms with Gasteiger partial charge in [0.15, 0.2) is 0 Å². The molecule has 0 saturated heterocycles. The third-order valence-corrected chi connectivity index (χ3v) is 11.7. The first-order chi connectivity index (χ1) is 28.3. The van der Waals surface area contributed by atoms with Crippen molar-refractivity contribution in [3.63, 3.8) is 0 Å². The number of para-hydroxylation sites is 2. The number of aromatic nitrogens is 2. The summed E-state index contributed by atoms with van der Waals surface area (Å²) in [6.45, 7) is 0. The van der Waals surface area contributed by atoms with Crippen LogP contribution in [0.4, 0.5) is 0 Å². The van der Waals surface area contributed by atoms with E-state index in [-0.39, 0.29) is 0 Å². The number of fused-ring (bicyclic) bond motifs is 9. The van der Waals surface area contributed by atoms with Gasteiger partial charge in [0.2, 0.25) is 0 Å². The van der Waals surface area contributed by atoms with Crippen molar-refractivity contribution in [3.05, 3.63) is 206 Å². The van der Waals surface area contributed by atoms with Crippen LogP contribution in [-0.2, 0) is 0 Å². The molecule has 0 saturated carbocycles. The molecule has 0 radical (unpaired) electrons. The lowest BCUT2D eigenvalue weighted by atomic mass is 9.99. The lowest BCUT2D eigenvalue weighted by molar-refractivity contribution is 0.669. The average molecular weight is 727 g/mol. The fraction of sp³-hybridized carbons (Fsp3) is 0. The van der Waals surface area contributed by atoms with Crippen LogP contribution in [0.15, 0.2) is 211 Å². The molecule has 0 aliphatic rings. The maximum Gasteiger partial charge on any atom is 0.137 e. The molecule has 0 unspecified atom stereocenters. The minimum absolute atomic E-state index is 0.895. The van der Waals surface area contributed by atoms with Gasteiger partial charge in [-0.3, -0.25) is 0 Å². The summed E-state index contributed by atoms with van der Waals surface area (Å²) in [6, 6.07) is 74.5. The van der Waals surface area contributed by atoms with Crippen LogP contribution in [0, 0.1) is 0 Å². The minimum Gasteiger partial charge on any atom is -0.456 e. The van der Waals surface area contributed by atoms with Crippen LogP contribution in [0.2, 0.25) is 0 Å². The van der Waals surface area contributed by atoms with E-state index in [9.17, 15) is 0 Å². The van der Waals surface area contributed by atoms with E-state index < -0.39 is 0 Å². The first-order valence-electron chi connectivity index (χ1n) is 19.5. The van der Waals surface area contributed by atoms with Gasteiger partial charge in [0.1, 0.15) is 11.2 Å². The summed E-state index contributed by atoms with van der Waals surface area (Å²) in [5.74, 6) is 0. The van der Waals surface area contributed by atoms with Gasteiger partial charge in [0.05, 0.1) is 33.1 Å². The van der Waals surface area contributed by atoms with E-state index in [1.54, 1.807) is 0 Å². The number of benzene rings is 9. The lowest BCUT2D eigenvalue weighted by Crippen LogP contribution is -1.95. The molecule has 57 heavy (non-hydrogen) atoms. The van der Waals surface area contributed by atoms with Crippen LogP contribution in [0.25, 0.3) is 110 Å². The molecule has 0 spiro atoms. The van der Waals surface area contributed by atoms with Crippen molar-refractivity contribution in [2.45, 2.75) is 0 Å². The largest absolute Gasteiger partial charge is 0.456 e. The molecule has 266 valence electrons. The summed E-state index contributed by atoms with van der Waals surface area (Å²) in [6.07, 6.45) is 0. The number of hydrogen-bond acceptors (Lipinski definition) is 1. The quantitative estimate of drug-likeness (QED) is 0.173. The Balaban J connectivity index is 1.06. The summed E-state index contributed by atoms with van der Waals surface area (Å²) < 4.78 is 11.2. The molecule has 0 N–H and O–H groups in total. The highest BCUT2D eigenvalue weighted by Crippen LogP contribution is 2.42. The Kier molecular flexibility index (Phi) is 6.93. The predicted octanol–water partition coefficient (Wildman–Crippen LogP) is 14.8. The van der Waals surface area contributed by atoms with Gasteiger partial charge in [0.25, 0.3) is 0 Å². The molecule has 12 rings (SSSR count). The van der Waals surface area contributed by atoms with Crippen LogP contribution in [-0.4, -0.2) is 9.13 Å². The van der Waals surface area contributed by atoms with Crippen molar-refractivity contribution in [1.82, 2.24) is 9.13 Å². The van der Waals surface area contributed by atoms with Crippen molar-refractivity contribution in [3.8, 4) is 44.8 Å². The normalized spacial score (nSPS) is 11.9. The van der Waals surface area contributed by atoms with E-state index in [1.807, 2.05) is 6.07 Å². The smallest absolute Gasteiger partial charge is 0.137 e. The molecular weight excluding hydrogens is 693 g/mol. The van der Waals surface area contributed by atoms with Crippen molar-refractivity contribution in [2.75, 3.05) is 0 Å². The van der Waals surface area contributed by atoms with Crippen LogP contribution in [0.1, 0.15) is 0 Å². The fourth-order valence-electron chi connectivity index (χ4n) is 9.10. The Bertz CT molecular complexity index is 3510. The van der Waals surface area contributed by atoms with Gasteiger partial charge in [-0.05, 0) is 100 Å². The molecule has 9 aromatic carbocycles. The number of nitrogens with zero attached hydrogens (tertiary/aromatic N) is 2. The Morgan fingerprint density at radius 3 is 1.56 bits per heavy atom. The van der Waals surface area contributed by atoms with E-state index in [4.69, 9.17) is 4.42 Å². The number of furan rings is 1. The highest BCUT2D eigenvalue weighted by molar-refractivity contribution is 6.16. The van der Waals surface area contributed by atoms with Crippen molar-refractivity contribution >= 4 is 65.6 Å². The molecule has 0 aliphatic heterocycles. The molecule has 3 heteroatoms. The first-order valence-corrected chi connectivity index (χ1v) is 19.5. The summed E-state index contributed by atoms with van der Waals surface area (Å²) in [5, 5.41) is 7.17. The van der Waals surface area contributed by atoms with E-state index in [2.05, 4.69) is 209 Å². The Hall–Kier alpha value is -7.62. The molecule has 3 heterocycles. The molecule has 0 fully saturated rings. The minimum atomic E-state index is 0.895. The SMILES string of the molecule is c1ccc(-c2cccc(-n3c4ccc(-c5ccc6c(c5)c5ccccc5n6-c5cccc6oc7ccccc7c56)cc4c4ccc(-c5ccccc5)cc43)c2)cc1. The monoisotopic (exact) mass is 726 g/mol. The molecule has 0 atom stereocenters. The third kappa shape index (κ3) is 4.92. The Morgan fingerprint density at radius 2 is 0.807 bits per heavy atom. The van der Waals surface area contributed by atoms with Gasteiger partial charge < -0.3 is 13.6 Å². The molecule has 0 amide bonds. The average Bonchev–Trinajstić information content (AvgIpc) is 3.94. The highest BCUT2D eigenvalue weighted by Gasteiger charge is 2.19. The van der Waals surface area contributed by atoms with Crippen molar-refractivity contribution in [1.29, 1.82) is 0 Å². The number of hydrogen-bond donors (Lipinski definition) is 0. The maximum absolute atomic E-state index is 6.33. The standard InChI is InChI=1S/C54H34N2O/c1-3-13-35(14-4-1)37-17-11-18-41(31-37)55-48-29-26-38(33-46(48)43-28-25-40(34-51(43)55)36-15-5-2-6-16-36)39-27-30-49-45(32-39)42-19-7-9-21-47(42)56(49)50-22-12-24-53-54(50)44-20-8-10-23-52(44)57-53/h1-34H. The van der Waals surface area contributed by atoms with Gasteiger partial charge in [-0.2, -0.15) is 0 Å². The summed E-state index contributed by atoms with van der Waals surface area (Å²) in [4.78, 5) is 0. The zero-order chi connectivity index (χ0) is 37.5. The van der Waals surface area contributed by atoms with Gasteiger partial charge in [0, 0.05) is 32.6 Å². The van der Waals surface area contributed by atoms with E-state index in [1.165, 1.54) is 77.0 Å². The van der Waals surface area contributed by atoms with Crippen molar-refractivity contribution in [2.24, 2.45) is 0 Å². The predicted molar refractivity (Wildman–Crippen MR) is 239 cm³/mol. The zero-order valence-corrected chi connectivity index (χ0v) is 30.9. The summed E-state index contributed by atoms with van der Waals surface area (Å²) in [5.41, 5.74) is 16.0. The highest BCUT2D eigenvalue weighted by atomic mass is 16.3. The Morgan fingerprint density at radius 1 is 0.281 bits per heavy atom. The summed E-state index contributed by atoms with van der Waals surface area (Å²) >= 11 is 0. The second-order valence-electron chi connectivity index (χ2n) is 14.9. The van der Waals surface area contributed by atoms with Gasteiger partial charge in [-0.15, -0.1) is 0 Å². The third-order valence-electron chi connectivity index (χ3n) is 11.7. The molecule has 12 aromatic rings. The van der Waals surface area contributed by atoms with E-state index in [0.29, 0.717) is 0 Å². The molecular formula is C54H34N2O. The molecule has 3 nitrogen and oxygen atoms in total. The maximum atomic E-state index is 6.33. The van der Waals surface area contributed by atoms with Crippen LogP contribution >= 0.6 is 0 Å². The zero-order valence-electron chi connectivity index (χ0n) is 30.9. The molecule has 3 aromatic heterocycles. The van der Waals surface area contributed by atoms with E-state index >= 15 is 0 Å². The molecule has 0 bridgehead atoms. The second-order valence-corrected chi connectivity index (χ2v) is 14.9. The topological polar surface area (TPSA) is 23.0 Å². The van der Waals surface area contributed by atoms with Gasteiger partial charge in [-0.1, -0.05) is 140 Å². The first kappa shape index (κ1) is 31.7. The number of rotatable bonds is 5. The fourth-order valence-corrected chi connectivity index (χ4v) is 9.10. The van der Waals surface area contributed by atoms with E-state index in [0.717, 1.165) is 33.3 Å². The van der Waals surface area contributed by atoms with Crippen LogP contribution in [0.3, 0.4) is 0 Å². The van der Waals surface area contributed by atoms with Crippen LogP contribution < -0.4 is 0 Å². The van der Waals surface area contributed by atoms with Gasteiger partial charge >= 0.3 is 0 Å². The molecule has 0 aliphatic carbocycles. The Labute approximate surface area is 328 Å². The van der Waals surface area contributed by atoms with Gasteiger partial charge in [-0.25, -0.2) is 0 Å². The summed E-state index contributed by atoms with van der Waals surface area (Å²) in [7, 11) is 0. The second kappa shape index (κ2) is 12.5.